The van der Waals surface area contributed by atoms with Crippen molar-refractivity contribution in [1.82, 2.24) is 4.98 Å². The zero-order chi connectivity index (χ0) is 17.9. The van der Waals surface area contributed by atoms with Crippen LogP contribution in [-0.4, -0.2) is 28.5 Å². The molecule has 0 saturated heterocycles. The Kier molecular flexibility index (Phi) is 5.02. The summed E-state index contributed by atoms with van der Waals surface area (Å²) in [6.07, 6.45) is 2.30. The third-order valence-electron chi connectivity index (χ3n) is 3.11. The lowest BCUT2D eigenvalue weighted by molar-refractivity contribution is -0.155. The van der Waals surface area contributed by atoms with Crippen molar-refractivity contribution in [2.24, 2.45) is 0 Å². The Bertz CT molecular complexity index is 705. The van der Waals surface area contributed by atoms with E-state index in [2.05, 4.69) is 4.98 Å². The number of rotatable bonds is 4. The molecule has 1 atom stereocenters. The molecular formula is C17H19FN2O4. The molecular weight excluding hydrogens is 315 g/mol. The summed E-state index contributed by atoms with van der Waals surface area (Å²) in [7, 11) is 0. The maximum atomic E-state index is 13.2. The van der Waals surface area contributed by atoms with E-state index in [1.165, 1.54) is 42.4 Å². The van der Waals surface area contributed by atoms with E-state index in [1.807, 2.05) is 0 Å². The predicted octanol–water partition coefficient (Wildman–Crippen LogP) is 3.19. The van der Waals surface area contributed by atoms with Crippen molar-refractivity contribution in [3.63, 3.8) is 0 Å². The highest BCUT2D eigenvalue weighted by molar-refractivity contribution is 6.08. The Balaban J connectivity index is 2.37. The van der Waals surface area contributed by atoms with Crippen LogP contribution in [0.2, 0.25) is 0 Å². The van der Waals surface area contributed by atoms with E-state index in [4.69, 9.17) is 9.15 Å². The molecule has 0 aliphatic carbocycles. The lowest BCUT2D eigenvalue weighted by atomic mass is 10.1. The average molecular weight is 334 g/mol. The van der Waals surface area contributed by atoms with Gasteiger partial charge in [0.2, 0.25) is 0 Å². The van der Waals surface area contributed by atoms with Gasteiger partial charge in [-0.05, 0) is 52.0 Å². The third-order valence-corrected chi connectivity index (χ3v) is 3.11. The Morgan fingerprint density at radius 3 is 2.38 bits per heavy atom. The fourth-order valence-corrected chi connectivity index (χ4v) is 2.05. The van der Waals surface area contributed by atoms with E-state index in [0.29, 0.717) is 5.69 Å². The van der Waals surface area contributed by atoms with Crippen molar-refractivity contribution in [2.75, 3.05) is 4.90 Å². The van der Waals surface area contributed by atoms with Crippen LogP contribution in [0.5, 0.6) is 0 Å². The molecule has 0 fully saturated rings. The van der Waals surface area contributed by atoms with Crippen LogP contribution in [0.15, 0.2) is 41.3 Å². The number of amides is 1. The maximum Gasteiger partial charge on any atom is 0.329 e. The molecule has 6 nitrogen and oxygen atoms in total. The minimum absolute atomic E-state index is 0.0368. The third kappa shape index (κ3) is 4.18. The molecule has 2 aromatic rings. The first kappa shape index (κ1) is 17.7. The standard InChI is InChI=1S/C17H19FN2O4/c1-11(16(22)24-17(2,3)4)20(13-7-5-12(18)6-8-13)15(21)14-9-23-10-19-14/h5-11H,1-4H3. The highest BCUT2D eigenvalue weighted by Crippen LogP contribution is 2.22. The Morgan fingerprint density at radius 1 is 1.25 bits per heavy atom. The molecule has 0 saturated carbocycles. The van der Waals surface area contributed by atoms with Crippen molar-refractivity contribution in [3.8, 4) is 0 Å². The van der Waals surface area contributed by atoms with Crippen LogP contribution in [0.4, 0.5) is 10.1 Å². The van der Waals surface area contributed by atoms with Gasteiger partial charge < -0.3 is 9.15 Å². The van der Waals surface area contributed by atoms with Crippen LogP contribution in [-0.2, 0) is 9.53 Å². The molecule has 0 bridgehead atoms. The number of esters is 1. The Hall–Kier alpha value is -2.70. The molecule has 7 heteroatoms. The summed E-state index contributed by atoms with van der Waals surface area (Å²) in [6.45, 7) is 6.74. The number of anilines is 1. The monoisotopic (exact) mass is 334 g/mol. The summed E-state index contributed by atoms with van der Waals surface area (Å²) in [5, 5.41) is 0. The van der Waals surface area contributed by atoms with Crippen molar-refractivity contribution in [1.29, 1.82) is 0 Å². The molecule has 0 radical (unpaired) electrons. The number of carbonyl (C=O) groups is 2. The molecule has 1 unspecified atom stereocenters. The second kappa shape index (κ2) is 6.82. The molecule has 128 valence electrons. The van der Waals surface area contributed by atoms with Gasteiger partial charge in [-0.3, -0.25) is 9.69 Å². The molecule has 0 aliphatic heterocycles. The zero-order valence-electron chi connectivity index (χ0n) is 13.9. The van der Waals surface area contributed by atoms with E-state index in [1.54, 1.807) is 20.8 Å². The van der Waals surface area contributed by atoms with Crippen molar-refractivity contribution in [3.05, 3.63) is 48.4 Å². The maximum absolute atomic E-state index is 13.2. The van der Waals surface area contributed by atoms with Gasteiger partial charge in [0.25, 0.3) is 5.91 Å². The zero-order valence-corrected chi connectivity index (χ0v) is 13.9. The number of hydrogen-bond acceptors (Lipinski definition) is 5. The number of benzene rings is 1. The lowest BCUT2D eigenvalue weighted by Gasteiger charge is -2.30. The van der Waals surface area contributed by atoms with Crippen LogP contribution in [0, 0.1) is 5.82 Å². The largest absolute Gasteiger partial charge is 0.458 e. The van der Waals surface area contributed by atoms with Gasteiger partial charge >= 0.3 is 5.97 Å². The number of halogens is 1. The van der Waals surface area contributed by atoms with E-state index in [-0.39, 0.29) is 5.69 Å². The summed E-state index contributed by atoms with van der Waals surface area (Å²) in [5.41, 5.74) is -0.311. The molecule has 24 heavy (non-hydrogen) atoms. The highest BCUT2D eigenvalue weighted by atomic mass is 19.1. The second-order valence-corrected chi connectivity index (χ2v) is 6.23. The summed E-state index contributed by atoms with van der Waals surface area (Å²) >= 11 is 0. The lowest BCUT2D eigenvalue weighted by Crippen LogP contribution is -2.46. The summed E-state index contributed by atoms with van der Waals surface area (Å²) in [4.78, 5) is 30.1. The van der Waals surface area contributed by atoms with Gasteiger partial charge in [0, 0.05) is 5.69 Å². The minimum Gasteiger partial charge on any atom is -0.458 e. The van der Waals surface area contributed by atoms with Gasteiger partial charge in [0.1, 0.15) is 23.7 Å². The topological polar surface area (TPSA) is 72.6 Å². The first-order valence-electron chi connectivity index (χ1n) is 7.39. The van der Waals surface area contributed by atoms with Crippen LogP contribution in [0.1, 0.15) is 38.2 Å². The fourth-order valence-electron chi connectivity index (χ4n) is 2.05. The Labute approximate surface area is 139 Å². The van der Waals surface area contributed by atoms with Gasteiger partial charge in [-0.15, -0.1) is 0 Å². The molecule has 1 amide bonds. The van der Waals surface area contributed by atoms with Crippen LogP contribution in [0.25, 0.3) is 0 Å². The van der Waals surface area contributed by atoms with E-state index in [9.17, 15) is 14.0 Å². The normalized spacial score (nSPS) is 12.5. The van der Waals surface area contributed by atoms with Crippen molar-refractivity contribution < 1.29 is 23.1 Å². The van der Waals surface area contributed by atoms with Crippen LogP contribution >= 0.6 is 0 Å². The smallest absolute Gasteiger partial charge is 0.329 e. The van der Waals surface area contributed by atoms with Gasteiger partial charge in [0.05, 0.1) is 0 Å². The van der Waals surface area contributed by atoms with Gasteiger partial charge in [-0.2, -0.15) is 0 Å². The van der Waals surface area contributed by atoms with Gasteiger partial charge in [0.15, 0.2) is 12.1 Å². The first-order chi connectivity index (χ1) is 11.2. The summed E-state index contributed by atoms with van der Waals surface area (Å²) < 4.78 is 23.4. The van der Waals surface area contributed by atoms with E-state index >= 15 is 0 Å². The minimum atomic E-state index is -0.932. The second-order valence-electron chi connectivity index (χ2n) is 6.23. The van der Waals surface area contributed by atoms with E-state index in [0.717, 1.165) is 6.39 Å². The quantitative estimate of drug-likeness (QED) is 0.803. The SMILES string of the molecule is CC(C(=O)OC(C)(C)C)N(C(=O)c1cocn1)c1ccc(F)cc1. The van der Waals surface area contributed by atoms with Crippen molar-refractivity contribution in [2.45, 2.75) is 39.3 Å². The first-order valence-corrected chi connectivity index (χ1v) is 7.39. The molecule has 0 N–H and O–H groups in total. The summed E-state index contributed by atoms with van der Waals surface area (Å²) in [6, 6.07) is 4.31. The summed E-state index contributed by atoms with van der Waals surface area (Å²) in [5.74, 6) is -1.57. The number of oxazole rings is 1. The van der Waals surface area contributed by atoms with Crippen LogP contribution in [0.3, 0.4) is 0 Å². The number of hydrogen-bond donors (Lipinski definition) is 0. The van der Waals surface area contributed by atoms with Crippen LogP contribution < -0.4 is 4.90 Å². The molecule has 1 aromatic carbocycles. The molecule has 1 heterocycles. The van der Waals surface area contributed by atoms with Crippen molar-refractivity contribution >= 4 is 17.6 Å². The number of ether oxygens (including phenoxy) is 1. The highest BCUT2D eigenvalue weighted by Gasteiger charge is 2.32. The molecule has 0 aliphatic rings. The predicted molar refractivity (Wildman–Crippen MR) is 85.0 cm³/mol. The van der Waals surface area contributed by atoms with Gasteiger partial charge in [-0.25, -0.2) is 14.2 Å². The van der Waals surface area contributed by atoms with E-state index < -0.39 is 29.3 Å². The molecule has 2 rings (SSSR count). The number of nitrogens with zero attached hydrogens (tertiary/aromatic N) is 2. The molecule has 1 aromatic heterocycles. The molecule has 0 spiro atoms. The fraction of sp³-hybridized carbons (Fsp3) is 0.353. The average Bonchev–Trinajstić information content (AvgIpc) is 3.01. The Morgan fingerprint density at radius 2 is 1.88 bits per heavy atom. The number of carbonyl (C=O) groups excluding carboxylic acids is 2. The van der Waals surface area contributed by atoms with Gasteiger partial charge in [-0.1, -0.05) is 0 Å². The number of aromatic nitrogens is 1.